The van der Waals surface area contributed by atoms with Gasteiger partial charge in [-0.25, -0.2) is 14.8 Å². The third-order valence-electron chi connectivity index (χ3n) is 4.32. The topological polar surface area (TPSA) is 78.8 Å². The van der Waals surface area contributed by atoms with E-state index in [0.717, 1.165) is 31.0 Å². The Hall–Kier alpha value is -2.31. The van der Waals surface area contributed by atoms with E-state index in [1.165, 1.54) is 0 Å². The standard InChI is InChI=1S/C16H24N6O/c1-12(2)22-9-7-17-14(22)10-20-16(23)21-8-3-4-13(11-21)15-18-5-6-19-15/h5-7,9,12-13H,3-4,8,10-11H2,1-2H3,(H,18,19)(H,20,23)/t13-/m1/s1. The first kappa shape index (κ1) is 15.6. The van der Waals surface area contributed by atoms with Crippen molar-refractivity contribution in [1.82, 2.24) is 29.7 Å². The molecule has 0 saturated carbocycles. The van der Waals surface area contributed by atoms with E-state index < -0.39 is 0 Å². The smallest absolute Gasteiger partial charge is 0.317 e. The number of urea groups is 1. The van der Waals surface area contributed by atoms with E-state index in [9.17, 15) is 4.79 Å². The van der Waals surface area contributed by atoms with Crippen LogP contribution in [0.2, 0.25) is 0 Å². The van der Waals surface area contributed by atoms with Crippen LogP contribution in [0.1, 0.15) is 50.3 Å². The highest BCUT2D eigenvalue weighted by Gasteiger charge is 2.26. The van der Waals surface area contributed by atoms with Gasteiger partial charge in [0.25, 0.3) is 0 Å². The van der Waals surface area contributed by atoms with E-state index in [1.54, 1.807) is 12.4 Å². The fourth-order valence-corrected chi connectivity index (χ4v) is 3.10. The molecule has 2 aromatic rings. The summed E-state index contributed by atoms with van der Waals surface area (Å²) >= 11 is 0. The summed E-state index contributed by atoms with van der Waals surface area (Å²) in [5, 5.41) is 2.99. The first-order valence-electron chi connectivity index (χ1n) is 8.19. The first-order valence-corrected chi connectivity index (χ1v) is 8.19. The van der Waals surface area contributed by atoms with Gasteiger partial charge in [0.2, 0.25) is 0 Å². The van der Waals surface area contributed by atoms with Crippen LogP contribution in [0.25, 0.3) is 0 Å². The molecule has 0 unspecified atom stereocenters. The van der Waals surface area contributed by atoms with E-state index >= 15 is 0 Å². The molecule has 1 saturated heterocycles. The molecule has 0 bridgehead atoms. The number of carbonyl (C=O) groups excluding carboxylic acids is 1. The van der Waals surface area contributed by atoms with Crippen molar-refractivity contribution in [2.24, 2.45) is 0 Å². The van der Waals surface area contributed by atoms with Gasteiger partial charge in [0.15, 0.2) is 0 Å². The minimum Gasteiger partial charge on any atom is -0.348 e. The van der Waals surface area contributed by atoms with Crippen molar-refractivity contribution in [2.75, 3.05) is 13.1 Å². The number of hydrogen-bond acceptors (Lipinski definition) is 3. The summed E-state index contributed by atoms with van der Waals surface area (Å²) in [5.41, 5.74) is 0. The van der Waals surface area contributed by atoms with Gasteiger partial charge in [-0.15, -0.1) is 0 Å². The molecule has 1 aliphatic heterocycles. The van der Waals surface area contributed by atoms with Crippen LogP contribution >= 0.6 is 0 Å². The Morgan fingerprint density at radius 1 is 1.43 bits per heavy atom. The number of piperidine rings is 1. The van der Waals surface area contributed by atoms with Crippen LogP contribution in [0, 0.1) is 0 Å². The Morgan fingerprint density at radius 2 is 2.30 bits per heavy atom. The fourth-order valence-electron chi connectivity index (χ4n) is 3.10. The van der Waals surface area contributed by atoms with Crippen molar-refractivity contribution >= 4 is 6.03 Å². The molecule has 2 aromatic heterocycles. The SMILES string of the molecule is CC(C)n1ccnc1CNC(=O)N1CCC[C@@H](c2ncc[nH]2)C1. The second-order valence-electron chi connectivity index (χ2n) is 6.26. The third kappa shape index (κ3) is 3.55. The molecule has 2 amide bonds. The summed E-state index contributed by atoms with van der Waals surface area (Å²) in [6.45, 7) is 6.16. The molecule has 1 aliphatic rings. The van der Waals surface area contributed by atoms with Crippen molar-refractivity contribution in [2.45, 2.75) is 45.2 Å². The van der Waals surface area contributed by atoms with E-state index in [1.807, 2.05) is 17.3 Å². The lowest BCUT2D eigenvalue weighted by molar-refractivity contribution is 0.177. The number of amides is 2. The summed E-state index contributed by atoms with van der Waals surface area (Å²) in [4.78, 5) is 26.1. The minimum absolute atomic E-state index is 0.0282. The minimum atomic E-state index is -0.0282. The van der Waals surface area contributed by atoms with Crippen molar-refractivity contribution in [3.8, 4) is 0 Å². The van der Waals surface area contributed by atoms with Gasteiger partial charge < -0.3 is 19.8 Å². The highest BCUT2D eigenvalue weighted by Crippen LogP contribution is 2.24. The lowest BCUT2D eigenvalue weighted by atomic mass is 9.98. The average molecular weight is 316 g/mol. The van der Waals surface area contributed by atoms with E-state index in [4.69, 9.17) is 0 Å². The maximum atomic E-state index is 12.4. The number of hydrogen-bond donors (Lipinski definition) is 2. The molecule has 3 heterocycles. The second-order valence-corrected chi connectivity index (χ2v) is 6.26. The Labute approximate surface area is 136 Å². The number of H-pyrrole nitrogens is 1. The van der Waals surface area contributed by atoms with Crippen LogP contribution in [0.4, 0.5) is 4.79 Å². The van der Waals surface area contributed by atoms with Crippen molar-refractivity contribution in [3.63, 3.8) is 0 Å². The Balaban J connectivity index is 1.56. The summed E-state index contributed by atoms with van der Waals surface area (Å²) < 4.78 is 2.07. The molecule has 7 heteroatoms. The van der Waals surface area contributed by atoms with Gasteiger partial charge in [-0.3, -0.25) is 0 Å². The van der Waals surface area contributed by atoms with Gasteiger partial charge in [-0.1, -0.05) is 0 Å². The number of nitrogens with zero attached hydrogens (tertiary/aromatic N) is 4. The number of carbonyl (C=O) groups is 1. The predicted molar refractivity (Wildman–Crippen MR) is 87.0 cm³/mol. The molecule has 124 valence electrons. The molecular formula is C16H24N6O. The summed E-state index contributed by atoms with van der Waals surface area (Å²) in [6.07, 6.45) is 9.38. The zero-order valence-corrected chi connectivity index (χ0v) is 13.7. The quantitative estimate of drug-likeness (QED) is 0.908. The number of aromatic amines is 1. The van der Waals surface area contributed by atoms with Gasteiger partial charge in [0, 0.05) is 49.8 Å². The van der Waals surface area contributed by atoms with Crippen LogP contribution in [-0.2, 0) is 6.54 Å². The summed E-state index contributed by atoms with van der Waals surface area (Å²) in [5.74, 6) is 2.15. The number of likely N-dealkylation sites (tertiary alicyclic amines) is 1. The van der Waals surface area contributed by atoms with E-state index in [-0.39, 0.29) is 6.03 Å². The summed E-state index contributed by atoms with van der Waals surface area (Å²) in [7, 11) is 0. The summed E-state index contributed by atoms with van der Waals surface area (Å²) in [6, 6.07) is 0.308. The number of imidazole rings is 2. The van der Waals surface area contributed by atoms with E-state index in [0.29, 0.717) is 25.0 Å². The zero-order chi connectivity index (χ0) is 16.2. The Morgan fingerprint density at radius 3 is 3.04 bits per heavy atom. The van der Waals surface area contributed by atoms with Gasteiger partial charge in [-0.05, 0) is 26.7 Å². The normalized spacial score (nSPS) is 18.4. The fraction of sp³-hybridized carbons (Fsp3) is 0.562. The molecule has 23 heavy (non-hydrogen) atoms. The second kappa shape index (κ2) is 6.85. The number of nitrogens with one attached hydrogen (secondary N) is 2. The molecule has 0 radical (unpaired) electrons. The molecule has 0 aliphatic carbocycles. The molecule has 0 aromatic carbocycles. The lowest BCUT2D eigenvalue weighted by Crippen LogP contribution is -2.45. The van der Waals surface area contributed by atoms with Crippen LogP contribution in [0.3, 0.4) is 0 Å². The highest BCUT2D eigenvalue weighted by molar-refractivity contribution is 5.74. The molecule has 0 spiro atoms. The Kier molecular flexibility index (Phi) is 4.64. The monoisotopic (exact) mass is 316 g/mol. The van der Waals surface area contributed by atoms with Crippen LogP contribution < -0.4 is 5.32 Å². The van der Waals surface area contributed by atoms with Gasteiger partial charge in [-0.2, -0.15) is 0 Å². The maximum absolute atomic E-state index is 12.4. The van der Waals surface area contributed by atoms with Crippen molar-refractivity contribution in [1.29, 1.82) is 0 Å². The molecule has 1 atom stereocenters. The average Bonchev–Trinajstić information content (AvgIpc) is 3.24. The Bertz CT molecular complexity index is 633. The highest BCUT2D eigenvalue weighted by atomic mass is 16.2. The van der Waals surface area contributed by atoms with Gasteiger partial charge >= 0.3 is 6.03 Å². The lowest BCUT2D eigenvalue weighted by Gasteiger charge is -2.31. The molecule has 2 N–H and O–H groups in total. The predicted octanol–water partition coefficient (Wildman–Crippen LogP) is 2.28. The number of rotatable bonds is 4. The zero-order valence-electron chi connectivity index (χ0n) is 13.7. The van der Waals surface area contributed by atoms with Crippen LogP contribution in [0.15, 0.2) is 24.8 Å². The third-order valence-corrected chi connectivity index (χ3v) is 4.32. The van der Waals surface area contributed by atoms with Crippen molar-refractivity contribution < 1.29 is 4.79 Å². The first-order chi connectivity index (χ1) is 11.1. The largest absolute Gasteiger partial charge is 0.348 e. The molecule has 3 rings (SSSR count). The van der Waals surface area contributed by atoms with Gasteiger partial charge in [0.1, 0.15) is 11.6 Å². The maximum Gasteiger partial charge on any atom is 0.317 e. The molecule has 7 nitrogen and oxygen atoms in total. The van der Waals surface area contributed by atoms with Gasteiger partial charge in [0.05, 0.1) is 6.54 Å². The molecular weight excluding hydrogens is 292 g/mol. The van der Waals surface area contributed by atoms with Crippen LogP contribution in [0.5, 0.6) is 0 Å². The number of aromatic nitrogens is 4. The van der Waals surface area contributed by atoms with E-state index in [2.05, 4.69) is 38.7 Å². The van der Waals surface area contributed by atoms with Crippen LogP contribution in [-0.4, -0.2) is 43.5 Å². The molecule has 1 fully saturated rings. The van der Waals surface area contributed by atoms with Crippen molar-refractivity contribution in [3.05, 3.63) is 36.4 Å².